The highest BCUT2D eigenvalue weighted by molar-refractivity contribution is 7.90. The smallest absolute Gasteiger partial charge is 0.193 e. The highest BCUT2D eigenvalue weighted by Crippen LogP contribution is 2.39. The van der Waals surface area contributed by atoms with Crippen LogP contribution in [0.25, 0.3) is 0 Å². The maximum Gasteiger partial charge on any atom is 0.193 e. The first-order valence-electron chi connectivity index (χ1n) is 9.38. The molecular weight excluding hydrogens is 366 g/mol. The lowest BCUT2D eigenvalue weighted by atomic mass is 9.80. The Hall–Kier alpha value is -1.80. The van der Waals surface area contributed by atoms with Crippen molar-refractivity contribution in [2.24, 2.45) is 10.4 Å². The van der Waals surface area contributed by atoms with Crippen LogP contribution in [0.1, 0.15) is 19.3 Å². The van der Waals surface area contributed by atoms with Crippen LogP contribution in [0.4, 0.5) is 0 Å². The van der Waals surface area contributed by atoms with Gasteiger partial charge in [0, 0.05) is 39.6 Å². The maximum absolute atomic E-state index is 11.5. The lowest BCUT2D eigenvalue weighted by Gasteiger charge is -2.33. The minimum Gasteiger partial charge on any atom is -0.492 e. The van der Waals surface area contributed by atoms with Gasteiger partial charge in [-0.3, -0.25) is 4.99 Å². The number of nitrogens with one attached hydrogen (secondary N) is 1. The number of benzene rings is 1. The van der Waals surface area contributed by atoms with Crippen molar-refractivity contribution >= 4 is 15.8 Å². The molecule has 7 nitrogen and oxygen atoms in total. The highest BCUT2D eigenvalue weighted by Gasteiger charge is 2.40. The van der Waals surface area contributed by atoms with Crippen LogP contribution in [0.5, 0.6) is 5.75 Å². The van der Waals surface area contributed by atoms with Crippen LogP contribution < -0.4 is 10.1 Å². The van der Waals surface area contributed by atoms with Gasteiger partial charge in [-0.2, -0.15) is 0 Å². The van der Waals surface area contributed by atoms with E-state index in [1.807, 2.05) is 7.05 Å². The molecule has 2 heterocycles. The molecule has 150 valence electrons. The predicted octanol–water partition coefficient (Wildman–Crippen LogP) is 1.55. The molecule has 2 aliphatic heterocycles. The van der Waals surface area contributed by atoms with Gasteiger partial charge in [-0.25, -0.2) is 8.42 Å². The summed E-state index contributed by atoms with van der Waals surface area (Å²) in [6.07, 6.45) is 4.65. The number of aliphatic imine (C=N–C) groups is 1. The Morgan fingerprint density at radius 1 is 1.26 bits per heavy atom. The molecule has 0 amide bonds. The van der Waals surface area contributed by atoms with Crippen LogP contribution in [-0.2, 0) is 14.6 Å². The molecule has 0 unspecified atom stereocenters. The summed E-state index contributed by atoms with van der Waals surface area (Å²) in [7, 11) is -1.37. The van der Waals surface area contributed by atoms with Crippen LogP contribution in [-0.4, -0.2) is 72.0 Å². The molecule has 3 rings (SSSR count). The Labute approximate surface area is 161 Å². The van der Waals surface area contributed by atoms with E-state index in [-0.39, 0.29) is 0 Å². The van der Waals surface area contributed by atoms with Gasteiger partial charge in [0.25, 0.3) is 0 Å². The number of hydrogen-bond acceptors (Lipinski definition) is 5. The number of sulfone groups is 1. The Morgan fingerprint density at radius 2 is 1.96 bits per heavy atom. The van der Waals surface area contributed by atoms with Crippen LogP contribution >= 0.6 is 0 Å². The number of likely N-dealkylation sites (tertiary alicyclic amines) is 1. The first-order valence-corrected chi connectivity index (χ1v) is 11.3. The van der Waals surface area contributed by atoms with E-state index in [0.29, 0.717) is 29.2 Å². The fraction of sp³-hybridized carbons (Fsp3) is 0.632. The van der Waals surface area contributed by atoms with E-state index in [0.717, 1.165) is 45.1 Å². The summed E-state index contributed by atoms with van der Waals surface area (Å²) < 4.78 is 34.2. The monoisotopic (exact) mass is 395 g/mol. The van der Waals surface area contributed by atoms with Gasteiger partial charge in [-0.1, -0.05) is 0 Å². The zero-order valence-corrected chi connectivity index (χ0v) is 16.9. The SMILES string of the molecule is CN=C(NCCOc1ccc(S(C)(=O)=O)cc1)N1CCC2(CCOCC2)C1. The van der Waals surface area contributed by atoms with Gasteiger partial charge in [0.1, 0.15) is 12.4 Å². The normalized spacial score (nSPS) is 20.1. The summed E-state index contributed by atoms with van der Waals surface area (Å²) in [5.74, 6) is 1.57. The molecule has 8 heteroatoms. The third-order valence-corrected chi connectivity index (χ3v) is 6.54. The van der Waals surface area contributed by atoms with E-state index < -0.39 is 9.84 Å². The van der Waals surface area contributed by atoms with Crippen molar-refractivity contribution in [1.29, 1.82) is 0 Å². The number of rotatable bonds is 5. The summed E-state index contributed by atoms with van der Waals surface area (Å²) in [5.41, 5.74) is 0.383. The average molecular weight is 396 g/mol. The minimum atomic E-state index is -3.18. The topological polar surface area (TPSA) is 80.2 Å². The van der Waals surface area contributed by atoms with Crippen LogP contribution in [0.3, 0.4) is 0 Å². The average Bonchev–Trinajstić information content (AvgIpc) is 3.05. The molecule has 0 bridgehead atoms. The van der Waals surface area contributed by atoms with E-state index >= 15 is 0 Å². The van der Waals surface area contributed by atoms with E-state index in [2.05, 4.69) is 15.2 Å². The number of ether oxygens (including phenoxy) is 2. The highest BCUT2D eigenvalue weighted by atomic mass is 32.2. The minimum absolute atomic E-state index is 0.296. The molecule has 0 radical (unpaired) electrons. The van der Waals surface area contributed by atoms with Crippen LogP contribution in [0, 0.1) is 5.41 Å². The molecule has 1 spiro atoms. The molecule has 1 N–H and O–H groups in total. The van der Waals surface area contributed by atoms with Gasteiger partial charge in [0.15, 0.2) is 15.8 Å². The second kappa shape index (κ2) is 8.48. The molecule has 0 aromatic heterocycles. The second-order valence-electron chi connectivity index (χ2n) is 7.35. The third-order valence-electron chi connectivity index (χ3n) is 5.41. The van der Waals surface area contributed by atoms with Crippen molar-refractivity contribution in [3.8, 4) is 5.75 Å². The van der Waals surface area contributed by atoms with Crippen LogP contribution in [0.15, 0.2) is 34.2 Å². The summed E-state index contributed by atoms with van der Waals surface area (Å²) in [6.45, 7) is 4.90. The fourth-order valence-electron chi connectivity index (χ4n) is 3.78. The van der Waals surface area contributed by atoms with Crippen molar-refractivity contribution in [3.63, 3.8) is 0 Å². The molecule has 1 aromatic rings. The van der Waals surface area contributed by atoms with Crippen LogP contribution in [0.2, 0.25) is 0 Å². The van der Waals surface area contributed by atoms with Gasteiger partial charge in [0.2, 0.25) is 0 Å². The van der Waals surface area contributed by atoms with E-state index in [4.69, 9.17) is 9.47 Å². The van der Waals surface area contributed by atoms with Gasteiger partial charge in [-0.15, -0.1) is 0 Å². The van der Waals surface area contributed by atoms with Gasteiger partial charge < -0.3 is 19.7 Å². The molecule has 2 fully saturated rings. The first-order chi connectivity index (χ1) is 12.9. The molecule has 1 aromatic carbocycles. The first kappa shape index (κ1) is 19.9. The van der Waals surface area contributed by atoms with Crippen molar-refractivity contribution in [2.45, 2.75) is 24.2 Å². The fourth-order valence-corrected chi connectivity index (χ4v) is 4.41. The summed E-state index contributed by atoms with van der Waals surface area (Å²) in [6, 6.07) is 6.49. The van der Waals surface area contributed by atoms with E-state index in [9.17, 15) is 8.42 Å². The van der Waals surface area contributed by atoms with Gasteiger partial charge in [0.05, 0.1) is 11.4 Å². The van der Waals surface area contributed by atoms with Crippen molar-refractivity contribution < 1.29 is 17.9 Å². The van der Waals surface area contributed by atoms with Crippen molar-refractivity contribution in [3.05, 3.63) is 24.3 Å². The number of hydrogen-bond donors (Lipinski definition) is 1. The maximum atomic E-state index is 11.5. The van der Waals surface area contributed by atoms with Gasteiger partial charge in [-0.05, 0) is 48.9 Å². The Kier molecular flexibility index (Phi) is 6.26. The summed E-state index contributed by atoms with van der Waals surface area (Å²) >= 11 is 0. The third kappa shape index (κ3) is 5.13. The van der Waals surface area contributed by atoms with E-state index in [1.54, 1.807) is 24.3 Å². The Balaban J connectivity index is 1.44. The lowest BCUT2D eigenvalue weighted by molar-refractivity contribution is 0.0217. The van der Waals surface area contributed by atoms with Gasteiger partial charge >= 0.3 is 0 Å². The van der Waals surface area contributed by atoms with Crippen molar-refractivity contribution in [2.75, 3.05) is 52.8 Å². The zero-order chi connectivity index (χ0) is 19.3. The van der Waals surface area contributed by atoms with E-state index in [1.165, 1.54) is 12.7 Å². The molecule has 2 saturated heterocycles. The lowest BCUT2D eigenvalue weighted by Crippen LogP contribution is -2.43. The largest absolute Gasteiger partial charge is 0.492 e. The summed E-state index contributed by atoms with van der Waals surface area (Å²) in [4.78, 5) is 7.03. The predicted molar refractivity (Wildman–Crippen MR) is 105 cm³/mol. The second-order valence-corrected chi connectivity index (χ2v) is 9.37. The Morgan fingerprint density at radius 3 is 2.59 bits per heavy atom. The molecule has 0 saturated carbocycles. The number of nitrogens with zero attached hydrogens (tertiary/aromatic N) is 2. The molecular formula is C19H29N3O4S. The molecule has 0 atom stereocenters. The molecule has 0 aliphatic carbocycles. The molecule has 2 aliphatic rings. The zero-order valence-electron chi connectivity index (χ0n) is 16.1. The number of guanidine groups is 1. The molecule has 27 heavy (non-hydrogen) atoms. The quantitative estimate of drug-likeness (QED) is 0.463. The van der Waals surface area contributed by atoms with Crippen molar-refractivity contribution in [1.82, 2.24) is 10.2 Å². The standard InChI is InChI=1S/C19H29N3O4S/c1-20-18(22-11-7-19(15-22)8-12-25-13-9-19)21-10-14-26-16-3-5-17(6-4-16)27(2,23)24/h3-6H,7-15H2,1-2H3,(H,20,21). The summed E-state index contributed by atoms with van der Waals surface area (Å²) in [5, 5.41) is 3.36. The Bertz CT molecular complexity index is 756.